The van der Waals surface area contributed by atoms with E-state index in [0.29, 0.717) is 6.42 Å². The highest BCUT2D eigenvalue weighted by molar-refractivity contribution is 7.47. The number of esters is 2. The zero-order valence-electron chi connectivity index (χ0n) is 40.6. The van der Waals surface area contributed by atoms with Crippen molar-refractivity contribution in [2.24, 2.45) is 5.73 Å². The molecule has 0 amide bonds. The lowest BCUT2D eigenvalue weighted by molar-refractivity contribution is -0.161. The van der Waals surface area contributed by atoms with Crippen LogP contribution < -0.4 is 5.73 Å². The summed E-state index contributed by atoms with van der Waals surface area (Å²) in [6.07, 6.45) is 55.3. The predicted molar refractivity (Wildman–Crippen MR) is 261 cm³/mol. The fourth-order valence-corrected chi connectivity index (χ4v) is 8.39. The van der Waals surface area contributed by atoms with E-state index in [0.717, 1.165) is 51.4 Å². The number of phosphoric acid groups is 1. The molecule has 0 spiro atoms. The van der Waals surface area contributed by atoms with Crippen LogP contribution in [0.2, 0.25) is 0 Å². The maximum Gasteiger partial charge on any atom is 0.472 e. The minimum Gasteiger partial charge on any atom is -0.462 e. The van der Waals surface area contributed by atoms with Crippen LogP contribution in [0.3, 0.4) is 0 Å². The molecule has 2 atom stereocenters. The Balaban J connectivity index is 3.88. The lowest BCUT2D eigenvalue weighted by Gasteiger charge is -2.19. The van der Waals surface area contributed by atoms with Gasteiger partial charge in [-0.05, 0) is 64.2 Å². The number of hydrogen-bond donors (Lipinski definition) is 2. The summed E-state index contributed by atoms with van der Waals surface area (Å²) in [5, 5.41) is 0. The van der Waals surface area contributed by atoms with Crippen molar-refractivity contribution in [3.63, 3.8) is 0 Å². The topological polar surface area (TPSA) is 134 Å². The van der Waals surface area contributed by atoms with E-state index in [9.17, 15) is 19.0 Å². The van der Waals surface area contributed by atoms with Gasteiger partial charge in [-0.1, -0.05) is 212 Å². The standard InChI is InChI=1S/C52H100NO8P/c1-3-5-7-9-11-13-15-17-18-19-20-21-22-23-24-25-26-27-28-29-30-31-32-33-35-37-39-41-43-45-52(55)61-50(49-60-62(56,57)59-47-46-53)48-58-51(54)44-42-40-38-36-34-16-14-12-10-8-6-4-2/h12,14,19-20,50H,3-11,13,15-18,21-49,53H2,1-2H3,(H,56,57)/b14-12-,20-19-. The van der Waals surface area contributed by atoms with Crippen LogP contribution >= 0.6 is 7.82 Å². The highest BCUT2D eigenvalue weighted by atomic mass is 31.2. The molecule has 0 radical (unpaired) electrons. The van der Waals surface area contributed by atoms with Crippen molar-refractivity contribution < 1.29 is 37.6 Å². The molecule has 0 bridgehead atoms. The number of allylic oxidation sites excluding steroid dienone is 4. The quantitative estimate of drug-likeness (QED) is 0.0265. The first-order chi connectivity index (χ1) is 30.3. The van der Waals surface area contributed by atoms with Crippen LogP contribution in [0.15, 0.2) is 24.3 Å². The Hall–Kier alpha value is -1.51. The molecule has 0 fully saturated rings. The summed E-state index contributed by atoms with van der Waals surface area (Å²) < 4.78 is 32.9. The number of phosphoric ester groups is 1. The van der Waals surface area contributed by atoms with Crippen molar-refractivity contribution in [1.82, 2.24) is 0 Å². The Morgan fingerprint density at radius 1 is 0.468 bits per heavy atom. The van der Waals surface area contributed by atoms with E-state index >= 15 is 0 Å². The molecule has 0 aliphatic heterocycles. The summed E-state index contributed by atoms with van der Waals surface area (Å²) in [6.45, 7) is 3.73. The van der Waals surface area contributed by atoms with Gasteiger partial charge in [0.25, 0.3) is 0 Å². The fraction of sp³-hybridized carbons (Fsp3) is 0.885. The Bertz CT molecular complexity index is 1070. The Morgan fingerprint density at radius 3 is 1.18 bits per heavy atom. The summed E-state index contributed by atoms with van der Waals surface area (Å²) in [7, 11) is -4.38. The van der Waals surface area contributed by atoms with Crippen molar-refractivity contribution in [3.8, 4) is 0 Å². The van der Waals surface area contributed by atoms with Gasteiger partial charge in [-0.15, -0.1) is 0 Å². The number of rotatable bonds is 50. The Kier molecular flexibility index (Phi) is 47.7. The molecule has 9 nitrogen and oxygen atoms in total. The molecule has 0 saturated carbocycles. The van der Waals surface area contributed by atoms with Crippen LogP contribution in [0.25, 0.3) is 0 Å². The highest BCUT2D eigenvalue weighted by Crippen LogP contribution is 2.43. The van der Waals surface area contributed by atoms with Crippen LogP contribution in [-0.2, 0) is 32.7 Å². The van der Waals surface area contributed by atoms with E-state index in [1.807, 2.05) is 0 Å². The van der Waals surface area contributed by atoms with E-state index in [1.54, 1.807) is 0 Å². The van der Waals surface area contributed by atoms with Gasteiger partial charge in [0.1, 0.15) is 6.61 Å². The minimum atomic E-state index is -4.38. The summed E-state index contributed by atoms with van der Waals surface area (Å²) in [5.41, 5.74) is 5.36. The molecule has 2 unspecified atom stereocenters. The number of carbonyl (C=O) groups is 2. The van der Waals surface area contributed by atoms with Gasteiger partial charge in [0.05, 0.1) is 13.2 Å². The molecule has 0 saturated heterocycles. The molecule has 0 aliphatic rings. The first-order valence-electron chi connectivity index (χ1n) is 26.3. The van der Waals surface area contributed by atoms with Crippen LogP contribution in [0.1, 0.15) is 264 Å². The third-order valence-corrected chi connectivity index (χ3v) is 12.5. The normalized spacial score (nSPS) is 13.3. The van der Waals surface area contributed by atoms with Crippen molar-refractivity contribution >= 4 is 19.8 Å². The Morgan fingerprint density at radius 2 is 0.790 bits per heavy atom. The van der Waals surface area contributed by atoms with E-state index in [-0.39, 0.29) is 38.6 Å². The fourth-order valence-electron chi connectivity index (χ4n) is 7.63. The molecule has 366 valence electrons. The van der Waals surface area contributed by atoms with Gasteiger partial charge in [-0.2, -0.15) is 0 Å². The molecule has 3 N–H and O–H groups in total. The van der Waals surface area contributed by atoms with E-state index in [1.165, 1.54) is 180 Å². The molecular weight excluding hydrogens is 798 g/mol. The molecule has 10 heteroatoms. The first-order valence-corrected chi connectivity index (χ1v) is 27.8. The van der Waals surface area contributed by atoms with Gasteiger partial charge in [-0.25, -0.2) is 4.57 Å². The molecule has 0 aromatic heterocycles. The SMILES string of the molecule is CCCCC/C=C\CCCCCCCC(=O)OCC(COP(=O)(O)OCCN)OC(=O)CCCCCCCCCCCCCCCCCCC/C=C\CCCCCCCCCC. The van der Waals surface area contributed by atoms with Gasteiger partial charge in [0.15, 0.2) is 6.10 Å². The van der Waals surface area contributed by atoms with Crippen molar-refractivity contribution in [2.75, 3.05) is 26.4 Å². The van der Waals surface area contributed by atoms with E-state index in [4.69, 9.17) is 24.3 Å². The van der Waals surface area contributed by atoms with Crippen LogP contribution in [-0.4, -0.2) is 49.3 Å². The third-order valence-electron chi connectivity index (χ3n) is 11.6. The summed E-state index contributed by atoms with van der Waals surface area (Å²) >= 11 is 0. The number of unbranched alkanes of at least 4 members (excludes halogenated alkanes) is 33. The van der Waals surface area contributed by atoms with Gasteiger partial charge in [-0.3, -0.25) is 18.6 Å². The molecule has 62 heavy (non-hydrogen) atoms. The largest absolute Gasteiger partial charge is 0.472 e. The van der Waals surface area contributed by atoms with Gasteiger partial charge >= 0.3 is 19.8 Å². The second kappa shape index (κ2) is 48.9. The number of nitrogens with two attached hydrogens (primary N) is 1. The molecule has 0 aromatic carbocycles. The number of ether oxygens (including phenoxy) is 2. The lowest BCUT2D eigenvalue weighted by Crippen LogP contribution is -2.29. The minimum absolute atomic E-state index is 0.0542. The van der Waals surface area contributed by atoms with Crippen LogP contribution in [0.5, 0.6) is 0 Å². The van der Waals surface area contributed by atoms with Gasteiger partial charge in [0.2, 0.25) is 0 Å². The van der Waals surface area contributed by atoms with Gasteiger partial charge in [0, 0.05) is 19.4 Å². The van der Waals surface area contributed by atoms with E-state index < -0.39 is 26.5 Å². The zero-order valence-corrected chi connectivity index (χ0v) is 41.5. The summed E-state index contributed by atoms with van der Waals surface area (Å²) in [6, 6.07) is 0. The van der Waals surface area contributed by atoms with Crippen LogP contribution in [0.4, 0.5) is 0 Å². The predicted octanol–water partition coefficient (Wildman–Crippen LogP) is 15.9. The van der Waals surface area contributed by atoms with Crippen molar-refractivity contribution in [3.05, 3.63) is 24.3 Å². The number of hydrogen-bond acceptors (Lipinski definition) is 8. The lowest BCUT2D eigenvalue weighted by atomic mass is 10.0. The zero-order chi connectivity index (χ0) is 45.3. The second-order valence-corrected chi connectivity index (χ2v) is 19.2. The average molecular weight is 898 g/mol. The van der Waals surface area contributed by atoms with E-state index in [2.05, 4.69) is 38.2 Å². The smallest absolute Gasteiger partial charge is 0.462 e. The third kappa shape index (κ3) is 48.0. The molecule has 0 rings (SSSR count). The first kappa shape index (κ1) is 60.5. The molecule has 0 aliphatic carbocycles. The highest BCUT2D eigenvalue weighted by Gasteiger charge is 2.26. The summed E-state index contributed by atoms with van der Waals surface area (Å²) in [5.74, 6) is -0.828. The Labute approximate surface area is 382 Å². The summed E-state index contributed by atoms with van der Waals surface area (Å²) in [4.78, 5) is 35.0. The maximum atomic E-state index is 12.6. The monoisotopic (exact) mass is 898 g/mol. The molecule has 0 aromatic rings. The van der Waals surface area contributed by atoms with Gasteiger partial charge < -0.3 is 20.1 Å². The maximum absolute atomic E-state index is 12.6. The second-order valence-electron chi connectivity index (χ2n) is 17.7. The average Bonchev–Trinajstić information content (AvgIpc) is 3.26. The van der Waals surface area contributed by atoms with Crippen molar-refractivity contribution in [1.29, 1.82) is 0 Å². The van der Waals surface area contributed by atoms with Crippen LogP contribution in [0, 0.1) is 0 Å². The van der Waals surface area contributed by atoms with Crippen molar-refractivity contribution in [2.45, 2.75) is 270 Å². The number of carbonyl (C=O) groups excluding carboxylic acids is 2. The molecule has 0 heterocycles. The molecular formula is C52H100NO8P.